The number of hydrogen-bond donors (Lipinski definition) is 1. The van der Waals surface area contributed by atoms with Gasteiger partial charge in [-0.25, -0.2) is 4.79 Å². The molecule has 0 aromatic carbocycles. The van der Waals surface area contributed by atoms with E-state index in [4.69, 9.17) is 0 Å². The maximum absolute atomic E-state index is 12.0. The number of anilines is 1. The number of hydrogen-bond acceptors (Lipinski definition) is 4. The summed E-state index contributed by atoms with van der Waals surface area (Å²) in [5.74, 6) is 0.295. The van der Waals surface area contributed by atoms with Crippen LogP contribution in [0.25, 0.3) is 11.0 Å². The number of nitrogens with one attached hydrogen (secondary N) is 1. The van der Waals surface area contributed by atoms with Crippen LogP contribution in [0.1, 0.15) is 19.9 Å². The molecule has 0 bridgehead atoms. The molecule has 1 aliphatic rings. The Morgan fingerprint density at radius 3 is 2.89 bits per heavy atom. The molecule has 2 aromatic rings. The van der Waals surface area contributed by atoms with Crippen LogP contribution in [-0.2, 0) is 4.79 Å². The van der Waals surface area contributed by atoms with E-state index in [9.17, 15) is 9.59 Å². The van der Waals surface area contributed by atoms with E-state index >= 15 is 0 Å². The summed E-state index contributed by atoms with van der Waals surface area (Å²) in [6.07, 6.45) is 1.62. The Kier molecular flexibility index (Phi) is 2.19. The minimum atomic E-state index is -0.508. The van der Waals surface area contributed by atoms with Gasteiger partial charge in [0.1, 0.15) is 17.4 Å². The van der Waals surface area contributed by atoms with Crippen molar-refractivity contribution < 1.29 is 4.79 Å². The van der Waals surface area contributed by atoms with Crippen LogP contribution in [0.4, 0.5) is 5.82 Å². The van der Waals surface area contributed by atoms with Crippen LogP contribution in [0.15, 0.2) is 23.1 Å². The highest BCUT2D eigenvalue weighted by atomic mass is 16.2. The number of aromatic nitrogens is 3. The van der Waals surface area contributed by atoms with Gasteiger partial charge in [-0.2, -0.15) is 4.98 Å². The van der Waals surface area contributed by atoms with Gasteiger partial charge in [0.2, 0.25) is 5.91 Å². The predicted molar refractivity (Wildman–Crippen MR) is 66.3 cm³/mol. The Balaban J connectivity index is 2.39. The molecule has 0 aliphatic carbocycles. The zero-order valence-corrected chi connectivity index (χ0v) is 10.0. The minimum Gasteiger partial charge on any atom is -0.308 e. The molecular formula is C12H12N4O2. The number of carbonyl (C=O) groups excluding carboxylic acids is 1. The molecule has 0 fully saturated rings. The van der Waals surface area contributed by atoms with Crippen molar-refractivity contribution in [1.29, 1.82) is 0 Å². The van der Waals surface area contributed by atoms with Gasteiger partial charge in [-0.3, -0.25) is 14.3 Å². The van der Waals surface area contributed by atoms with E-state index in [1.807, 2.05) is 13.8 Å². The summed E-state index contributed by atoms with van der Waals surface area (Å²) in [6.45, 7) is 3.79. The number of nitrogens with zero attached hydrogens (tertiary/aromatic N) is 3. The average molecular weight is 244 g/mol. The Morgan fingerprint density at radius 1 is 1.39 bits per heavy atom. The Hall–Kier alpha value is -2.24. The van der Waals surface area contributed by atoms with E-state index in [1.165, 1.54) is 4.57 Å². The Labute approximate surface area is 103 Å². The lowest BCUT2D eigenvalue weighted by atomic mass is 10.0. The molecule has 1 atom stereocenters. The fourth-order valence-electron chi connectivity index (χ4n) is 2.32. The first-order valence-corrected chi connectivity index (χ1v) is 5.77. The number of pyridine rings is 1. The van der Waals surface area contributed by atoms with Crippen LogP contribution in [0, 0.1) is 5.92 Å². The van der Waals surface area contributed by atoms with Gasteiger partial charge in [0.15, 0.2) is 0 Å². The molecule has 1 N–H and O–H groups in total. The van der Waals surface area contributed by atoms with Crippen molar-refractivity contribution in [3.05, 3.63) is 28.8 Å². The summed E-state index contributed by atoms with van der Waals surface area (Å²) in [4.78, 5) is 32.1. The van der Waals surface area contributed by atoms with E-state index in [-0.39, 0.29) is 11.8 Å². The summed E-state index contributed by atoms with van der Waals surface area (Å²) < 4.78 is 1.41. The van der Waals surface area contributed by atoms with E-state index in [2.05, 4.69) is 15.3 Å². The van der Waals surface area contributed by atoms with E-state index < -0.39 is 11.7 Å². The first kappa shape index (κ1) is 10.9. The lowest BCUT2D eigenvalue weighted by Gasteiger charge is -2.14. The predicted octanol–water partition coefficient (Wildman–Crippen LogP) is 0.941. The summed E-state index contributed by atoms with van der Waals surface area (Å²) in [5, 5.41) is 2.73. The molecule has 6 nitrogen and oxygen atoms in total. The van der Waals surface area contributed by atoms with Crippen molar-refractivity contribution >= 4 is 22.8 Å². The number of fused-ring (bicyclic) bond motifs is 3. The molecule has 18 heavy (non-hydrogen) atoms. The van der Waals surface area contributed by atoms with Gasteiger partial charge in [-0.15, -0.1) is 0 Å². The van der Waals surface area contributed by atoms with Crippen LogP contribution in [0.3, 0.4) is 0 Å². The first-order chi connectivity index (χ1) is 8.59. The second-order valence-electron chi connectivity index (χ2n) is 4.66. The fraction of sp³-hybridized carbons (Fsp3) is 0.333. The van der Waals surface area contributed by atoms with Gasteiger partial charge in [-0.1, -0.05) is 13.8 Å². The molecule has 0 saturated carbocycles. The molecule has 1 unspecified atom stereocenters. The van der Waals surface area contributed by atoms with Crippen LogP contribution in [-0.4, -0.2) is 20.4 Å². The summed E-state index contributed by atoms with van der Waals surface area (Å²) in [6, 6.07) is 2.91. The van der Waals surface area contributed by atoms with Crippen molar-refractivity contribution in [2.75, 3.05) is 5.32 Å². The maximum Gasteiger partial charge on any atom is 0.350 e. The van der Waals surface area contributed by atoms with Crippen LogP contribution in [0.5, 0.6) is 0 Å². The second-order valence-corrected chi connectivity index (χ2v) is 4.66. The van der Waals surface area contributed by atoms with Gasteiger partial charge < -0.3 is 5.32 Å². The van der Waals surface area contributed by atoms with Gasteiger partial charge in [0.25, 0.3) is 0 Å². The molecule has 0 radical (unpaired) electrons. The molecule has 0 saturated heterocycles. The van der Waals surface area contributed by atoms with E-state index in [1.54, 1.807) is 18.3 Å². The van der Waals surface area contributed by atoms with E-state index in [0.717, 1.165) is 0 Å². The topological polar surface area (TPSA) is 76.9 Å². The zero-order valence-electron chi connectivity index (χ0n) is 10.0. The number of rotatable bonds is 1. The quantitative estimate of drug-likeness (QED) is 0.810. The third kappa shape index (κ3) is 1.35. The lowest BCUT2D eigenvalue weighted by Crippen LogP contribution is -2.29. The van der Waals surface area contributed by atoms with Crippen molar-refractivity contribution in [2.24, 2.45) is 5.92 Å². The molecule has 3 rings (SSSR count). The molecule has 6 heteroatoms. The smallest absolute Gasteiger partial charge is 0.308 e. The molecule has 0 spiro atoms. The van der Waals surface area contributed by atoms with Crippen LogP contribution < -0.4 is 11.0 Å². The third-order valence-corrected chi connectivity index (χ3v) is 3.09. The summed E-state index contributed by atoms with van der Waals surface area (Å²) >= 11 is 0. The number of amides is 1. The molecule has 92 valence electrons. The zero-order chi connectivity index (χ0) is 12.9. The highest BCUT2D eigenvalue weighted by Crippen LogP contribution is 2.31. The Morgan fingerprint density at radius 2 is 2.17 bits per heavy atom. The molecule has 1 amide bonds. The normalized spacial score (nSPS) is 18.2. The highest BCUT2D eigenvalue weighted by molar-refractivity contribution is 6.03. The summed E-state index contributed by atoms with van der Waals surface area (Å²) in [5.41, 5.74) is 0.634. The van der Waals surface area contributed by atoms with Crippen molar-refractivity contribution in [2.45, 2.75) is 19.9 Å². The second kappa shape index (κ2) is 3.63. The SMILES string of the molecule is CC(C)C1C(=O)Nc2c3ncccc3nc(=O)n21. The average Bonchev–Trinajstić information content (AvgIpc) is 2.67. The van der Waals surface area contributed by atoms with Crippen molar-refractivity contribution in [3.8, 4) is 0 Å². The largest absolute Gasteiger partial charge is 0.350 e. The van der Waals surface area contributed by atoms with Crippen LogP contribution >= 0.6 is 0 Å². The lowest BCUT2D eigenvalue weighted by molar-refractivity contribution is -0.119. The number of carbonyl (C=O) groups is 1. The van der Waals surface area contributed by atoms with Crippen molar-refractivity contribution in [3.63, 3.8) is 0 Å². The molecular weight excluding hydrogens is 232 g/mol. The molecule has 3 heterocycles. The third-order valence-electron chi connectivity index (χ3n) is 3.09. The van der Waals surface area contributed by atoms with Gasteiger partial charge in [0, 0.05) is 6.20 Å². The maximum atomic E-state index is 12.0. The Bertz CT molecular complexity index is 705. The monoisotopic (exact) mass is 244 g/mol. The van der Waals surface area contributed by atoms with Crippen LogP contribution in [0.2, 0.25) is 0 Å². The minimum absolute atomic E-state index is 0.0203. The van der Waals surface area contributed by atoms with Gasteiger partial charge >= 0.3 is 5.69 Å². The standard InChI is InChI=1S/C12H12N4O2/c1-6(2)9-11(17)15-10-8-7(4-3-5-13-8)14-12(18)16(9)10/h3-6,9H,1-2H3,(H,15,17). The molecule has 2 aromatic heterocycles. The molecule has 1 aliphatic heterocycles. The van der Waals surface area contributed by atoms with Gasteiger partial charge in [-0.05, 0) is 18.1 Å². The highest BCUT2D eigenvalue weighted by Gasteiger charge is 2.35. The summed E-state index contributed by atoms with van der Waals surface area (Å²) in [7, 11) is 0. The van der Waals surface area contributed by atoms with Crippen molar-refractivity contribution in [1.82, 2.24) is 14.5 Å². The fourth-order valence-corrected chi connectivity index (χ4v) is 2.32. The van der Waals surface area contributed by atoms with Gasteiger partial charge in [0.05, 0.1) is 5.52 Å². The first-order valence-electron chi connectivity index (χ1n) is 5.77. The van der Waals surface area contributed by atoms with E-state index in [0.29, 0.717) is 16.9 Å².